The van der Waals surface area contributed by atoms with Gasteiger partial charge in [-0.1, -0.05) is 0 Å². The Labute approximate surface area is 146 Å². The van der Waals surface area contributed by atoms with Crippen molar-refractivity contribution in [2.24, 2.45) is 12.0 Å². The first kappa shape index (κ1) is 18.3. The summed E-state index contributed by atoms with van der Waals surface area (Å²) in [5.41, 5.74) is 1.01. The van der Waals surface area contributed by atoms with Gasteiger partial charge in [-0.15, -0.1) is 11.3 Å². The summed E-state index contributed by atoms with van der Waals surface area (Å²) in [6.07, 6.45) is 1.56. The van der Waals surface area contributed by atoms with Gasteiger partial charge in [-0.2, -0.15) is 5.10 Å². The van der Waals surface area contributed by atoms with Crippen LogP contribution in [0.5, 0.6) is 0 Å². The molecule has 0 aromatic carbocycles. The number of nitrogens with zero attached hydrogens (tertiary/aromatic N) is 6. The first-order valence-corrected chi connectivity index (χ1v) is 8.72. The maximum atomic E-state index is 5.31. The van der Waals surface area contributed by atoms with E-state index in [2.05, 4.69) is 35.7 Å². The van der Waals surface area contributed by atoms with E-state index in [1.807, 2.05) is 27.9 Å². The Balaban J connectivity index is 2.04. The summed E-state index contributed by atoms with van der Waals surface area (Å²) < 4.78 is 7.04. The fourth-order valence-electron chi connectivity index (χ4n) is 2.08. The number of aryl methyl sites for hydroxylation is 1. The zero-order valence-corrected chi connectivity index (χ0v) is 15.7. The van der Waals surface area contributed by atoms with Crippen LogP contribution in [-0.4, -0.2) is 51.3 Å². The molecule has 0 bridgehead atoms. The monoisotopic (exact) mass is 351 g/mol. The molecule has 2 aromatic heterocycles. The molecule has 2 aromatic rings. The van der Waals surface area contributed by atoms with Gasteiger partial charge in [0.15, 0.2) is 5.96 Å². The molecule has 2 rings (SSSR count). The van der Waals surface area contributed by atoms with Gasteiger partial charge in [0.25, 0.3) is 0 Å². The smallest absolute Gasteiger partial charge is 0.194 e. The first-order chi connectivity index (χ1) is 11.5. The van der Waals surface area contributed by atoms with Gasteiger partial charge >= 0.3 is 0 Å². The molecule has 0 radical (unpaired) electrons. The summed E-state index contributed by atoms with van der Waals surface area (Å²) in [5.74, 6) is 1.64. The van der Waals surface area contributed by atoms with Gasteiger partial charge in [0, 0.05) is 33.1 Å². The van der Waals surface area contributed by atoms with Crippen LogP contribution < -0.4 is 5.32 Å². The van der Waals surface area contributed by atoms with Crippen molar-refractivity contribution in [2.45, 2.75) is 33.0 Å². The van der Waals surface area contributed by atoms with Crippen LogP contribution in [0, 0.1) is 0 Å². The van der Waals surface area contributed by atoms with Crippen LogP contribution in [0.25, 0.3) is 0 Å². The number of aliphatic imine (C=N–C) groups is 1. The molecule has 0 fully saturated rings. The maximum Gasteiger partial charge on any atom is 0.194 e. The largest absolute Gasteiger partial charge is 0.375 e. The van der Waals surface area contributed by atoms with Gasteiger partial charge in [-0.25, -0.2) is 15.0 Å². The third-order valence-corrected chi connectivity index (χ3v) is 4.60. The second kappa shape index (κ2) is 8.74. The number of nitrogens with one attached hydrogen (secondary N) is 1. The fourth-order valence-corrected chi connectivity index (χ4v) is 2.92. The summed E-state index contributed by atoms with van der Waals surface area (Å²) in [4.78, 5) is 15.5. The van der Waals surface area contributed by atoms with Crippen LogP contribution in [-0.2, 0) is 24.9 Å². The lowest BCUT2D eigenvalue weighted by Crippen LogP contribution is -2.38. The highest BCUT2D eigenvalue weighted by atomic mass is 32.1. The normalized spacial score (nSPS) is 13.1. The average molecular weight is 351 g/mol. The highest BCUT2D eigenvalue weighted by Crippen LogP contribution is 2.20. The Morgan fingerprint density at radius 1 is 1.54 bits per heavy atom. The minimum atomic E-state index is 0.0203. The number of rotatable bonds is 7. The van der Waals surface area contributed by atoms with E-state index >= 15 is 0 Å². The molecule has 0 spiro atoms. The van der Waals surface area contributed by atoms with E-state index in [1.165, 1.54) is 6.33 Å². The zero-order chi connectivity index (χ0) is 17.5. The molecule has 9 heteroatoms. The number of thiazole rings is 1. The van der Waals surface area contributed by atoms with E-state index in [9.17, 15) is 0 Å². The van der Waals surface area contributed by atoms with Crippen molar-refractivity contribution >= 4 is 17.3 Å². The number of aromatic nitrogens is 4. The highest BCUT2D eigenvalue weighted by molar-refractivity contribution is 7.09. The third-order valence-electron chi connectivity index (χ3n) is 3.54. The van der Waals surface area contributed by atoms with E-state index in [1.54, 1.807) is 23.1 Å². The maximum absolute atomic E-state index is 5.31. The van der Waals surface area contributed by atoms with Gasteiger partial charge < -0.3 is 15.0 Å². The van der Waals surface area contributed by atoms with Crippen LogP contribution in [0.2, 0.25) is 0 Å². The van der Waals surface area contributed by atoms with Crippen LogP contribution in [0.4, 0.5) is 0 Å². The number of hydrogen-bond donors (Lipinski definition) is 1. The number of methoxy groups -OCH3 is 1. The summed E-state index contributed by atoms with van der Waals surface area (Å²) >= 11 is 1.62. The average Bonchev–Trinajstić information content (AvgIpc) is 3.19. The van der Waals surface area contributed by atoms with E-state index in [4.69, 9.17) is 4.74 Å². The quantitative estimate of drug-likeness (QED) is 0.602. The van der Waals surface area contributed by atoms with Gasteiger partial charge in [-0.3, -0.25) is 4.68 Å². The number of hydrogen-bond acceptors (Lipinski definition) is 6. The molecule has 24 heavy (non-hydrogen) atoms. The second-order valence-electron chi connectivity index (χ2n) is 5.38. The van der Waals surface area contributed by atoms with Crippen molar-refractivity contribution in [3.8, 4) is 0 Å². The van der Waals surface area contributed by atoms with Crippen molar-refractivity contribution < 1.29 is 4.74 Å². The fraction of sp³-hybridized carbons (Fsp3) is 0.600. The zero-order valence-electron chi connectivity index (χ0n) is 14.9. The molecule has 0 saturated carbocycles. The molecular weight excluding hydrogens is 326 g/mol. The molecule has 8 nitrogen and oxygen atoms in total. The number of guanidine groups is 1. The Hall–Kier alpha value is -2.00. The predicted molar refractivity (Wildman–Crippen MR) is 94.8 cm³/mol. The first-order valence-electron chi connectivity index (χ1n) is 7.84. The van der Waals surface area contributed by atoms with Crippen LogP contribution in [0.15, 0.2) is 16.7 Å². The second-order valence-corrected chi connectivity index (χ2v) is 6.27. The molecular formula is C15H25N7OS. The summed E-state index contributed by atoms with van der Waals surface area (Å²) in [7, 11) is 5.56. The standard InChI is InChI=1S/C15H25N7OS/c1-6-16-15(17-7-13-18-10-19-22(13)4)21(3)8-12-9-24-14(20-12)11(2)23-5/h9-11H,6-8H2,1-5H3,(H,16,17). The van der Waals surface area contributed by atoms with E-state index in [0.717, 1.165) is 29.0 Å². The Morgan fingerprint density at radius 2 is 2.33 bits per heavy atom. The summed E-state index contributed by atoms with van der Waals surface area (Å²) in [6.45, 7) is 6.00. The predicted octanol–water partition coefficient (Wildman–Crippen LogP) is 1.58. The van der Waals surface area contributed by atoms with Crippen molar-refractivity contribution in [1.82, 2.24) is 30.0 Å². The lowest BCUT2D eigenvalue weighted by Gasteiger charge is -2.21. The summed E-state index contributed by atoms with van der Waals surface area (Å²) in [5, 5.41) is 10.4. The molecule has 0 amide bonds. The van der Waals surface area contributed by atoms with Crippen molar-refractivity contribution in [3.63, 3.8) is 0 Å². The van der Waals surface area contributed by atoms with E-state index in [0.29, 0.717) is 13.1 Å². The SMILES string of the molecule is CCNC(=NCc1ncnn1C)N(C)Cc1csc(C(C)OC)n1. The lowest BCUT2D eigenvalue weighted by atomic mass is 10.4. The van der Waals surface area contributed by atoms with Gasteiger partial charge in [0.2, 0.25) is 0 Å². The number of ether oxygens (including phenoxy) is 1. The molecule has 0 aliphatic heterocycles. The molecule has 0 aliphatic rings. The molecule has 1 unspecified atom stereocenters. The van der Waals surface area contributed by atoms with Crippen LogP contribution >= 0.6 is 11.3 Å². The van der Waals surface area contributed by atoms with Gasteiger partial charge in [0.05, 0.1) is 12.2 Å². The Bertz CT molecular complexity index is 666. The Morgan fingerprint density at radius 3 is 2.96 bits per heavy atom. The topological polar surface area (TPSA) is 80.5 Å². The van der Waals surface area contributed by atoms with E-state index in [-0.39, 0.29) is 6.10 Å². The molecule has 132 valence electrons. The minimum absolute atomic E-state index is 0.0203. The van der Waals surface area contributed by atoms with Crippen LogP contribution in [0.1, 0.15) is 36.5 Å². The molecule has 2 heterocycles. The molecule has 1 atom stereocenters. The van der Waals surface area contributed by atoms with Gasteiger partial charge in [0.1, 0.15) is 29.8 Å². The summed E-state index contributed by atoms with van der Waals surface area (Å²) in [6, 6.07) is 0. The van der Waals surface area contributed by atoms with Crippen molar-refractivity contribution in [3.05, 3.63) is 28.2 Å². The molecule has 1 N–H and O–H groups in total. The molecule has 0 aliphatic carbocycles. The highest BCUT2D eigenvalue weighted by Gasteiger charge is 2.13. The lowest BCUT2D eigenvalue weighted by molar-refractivity contribution is 0.119. The van der Waals surface area contributed by atoms with Gasteiger partial charge in [-0.05, 0) is 13.8 Å². The minimum Gasteiger partial charge on any atom is -0.375 e. The van der Waals surface area contributed by atoms with Crippen molar-refractivity contribution in [2.75, 3.05) is 20.7 Å². The van der Waals surface area contributed by atoms with Crippen LogP contribution in [0.3, 0.4) is 0 Å². The van der Waals surface area contributed by atoms with E-state index < -0.39 is 0 Å². The third kappa shape index (κ3) is 4.75. The van der Waals surface area contributed by atoms with Crippen molar-refractivity contribution in [1.29, 1.82) is 0 Å². The molecule has 0 saturated heterocycles. The Kier molecular flexibility index (Phi) is 6.68.